The molecule has 134 valence electrons. The number of carbonyl (C=O) groups is 3. The van der Waals surface area contributed by atoms with Crippen LogP contribution in [0.4, 0.5) is 0 Å². The van der Waals surface area contributed by atoms with Crippen LogP contribution >= 0.6 is 0 Å². The Morgan fingerprint density at radius 2 is 2.04 bits per heavy atom. The lowest BCUT2D eigenvalue weighted by molar-refractivity contribution is -0.145. The summed E-state index contributed by atoms with van der Waals surface area (Å²) in [5, 5.41) is 5.35. The number of nitrogens with one attached hydrogen (secondary N) is 2. The second-order valence-corrected chi connectivity index (χ2v) is 12.6. The van der Waals surface area contributed by atoms with E-state index in [0.29, 0.717) is 12.8 Å². The molecule has 2 atom stereocenters. The van der Waals surface area contributed by atoms with E-state index in [1.165, 1.54) is 7.11 Å². The van der Waals surface area contributed by atoms with Crippen molar-refractivity contribution >= 4 is 25.9 Å². The Bertz CT molecular complexity index is 569. The van der Waals surface area contributed by atoms with Crippen molar-refractivity contribution in [1.29, 1.82) is 0 Å². The summed E-state index contributed by atoms with van der Waals surface area (Å²) in [7, 11) is -0.496. The van der Waals surface area contributed by atoms with Gasteiger partial charge in [-0.15, -0.1) is 11.5 Å². The normalized spacial score (nSPS) is 18.9. The minimum Gasteiger partial charge on any atom is -0.467 e. The molecule has 0 aromatic heterocycles. The van der Waals surface area contributed by atoms with Crippen LogP contribution in [0.2, 0.25) is 18.1 Å². The van der Waals surface area contributed by atoms with Crippen LogP contribution < -0.4 is 10.6 Å². The van der Waals surface area contributed by atoms with Crippen LogP contribution in [-0.4, -0.2) is 45.1 Å². The van der Waals surface area contributed by atoms with Crippen molar-refractivity contribution in [3.05, 3.63) is 0 Å². The predicted octanol–water partition coefficient (Wildman–Crippen LogP) is 1.36. The Hall–Kier alpha value is -1.81. The molecule has 1 heterocycles. The number of amides is 2. The van der Waals surface area contributed by atoms with Crippen LogP contribution in [0.5, 0.6) is 0 Å². The lowest BCUT2D eigenvalue weighted by Crippen LogP contribution is -2.49. The number of esters is 1. The van der Waals surface area contributed by atoms with Gasteiger partial charge in [-0.2, -0.15) is 0 Å². The van der Waals surface area contributed by atoms with E-state index >= 15 is 0 Å². The first-order chi connectivity index (χ1) is 11.0. The van der Waals surface area contributed by atoms with Gasteiger partial charge in [0.2, 0.25) is 11.8 Å². The molecule has 1 rings (SSSR count). The molecule has 2 amide bonds. The average Bonchev–Trinajstić information content (AvgIpc) is 2.90. The molecule has 0 aromatic rings. The summed E-state index contributed by atoms with van der Waals surface area (Å²) in [5.74, 6) is 2.01. The fraction of sp³-hybridized carbons (Fsp3) is 0.706. The van der Waals surface area contributed by atoms with Crippen molar-refractivity contribution in [3.8, 4) is 11.5 Å². The zero-order chi connectivity index (χ0) is 18.5. The van der Waals surface area contributed by atoms with E-state index < -0.39 is 26.1 Å². The zero-order valence-corrected chi connectivity index (χ0v) is 16.4. The third-order valence-corrected chi connectivity index (χ3v) is 9.25. The summed E-state index contributed by atoms with van der Waals surface area (Å²) >= 11 is 0. The second kappa shape index (κ2) is 7.84. The number of hydrogen-bond donors (Lipinski definition) is 2. The van der Waals surface area contributed by atoms with E-state index in [9.17, 15) is 14.4 Å². The van der Waals surface area contributed by atoms with Crippen molar-refractivity contribution < 1.29 is 19.1 Å². The smallest absolute Gasteiger partial charge is 0.329 e. The molecule has 1 aliphatic rings. The van der Waals surface area contributed by atoms with Crippen molar-refractivity contribution in [2.45, 2.75) is 70.2 Å². The largest absolute Gasteiger partial charge is 0.467 e. The molecule has 0 bridgehead atoms. The van der Waals surface area contributed by atoms with Crippen LogP contribution in [0.3, 0.4) is 0 Å². The highest BCUT2D eigenvalue weighted by atomic mass is 28.3. The van der Waals surface area contributed by atoms with Crippen molar-refractivity contribution in [3.63, 3.8) is 0 Å². The van der Waals surface area contributed by atoms with Gasteiger partial charge in [-0.25, -0.2) is 4.79 Å². The molecule has 1 saturated heterocycles. The summed E-state index contributed by atoms with van der Waals surface area (Å²) < 4.78 is 4.75. The zero-order valence-electron chi connectivity index (χ0n) is 15.4. The van der Waals surface area contributed by atoms with Gasteiger partial charge in [-0.05, 0) is 11.5 Å². The lowest BCUT2D eigenvalue weighted by Gasteiger charge is -2.31. The molecule has 1 aliphatic heterocycles. The van der Waals surface area contributed by atoms with Crippen LogP contribution in [0, 0.1) is 11.5 Å². The van der Waals surface area contributed by atoms with E-state index in [1.807, 2.05) is 0 Å². The van der Waals surface area contributed by atoms with Crippen LogP contribution in [0.25, 0.3) is 0 Å². The van der Waals surface area contributed by atoms with Crippen LogP contribution in [0.1, 0.15) is 40.0 Å². The number of methoxy groups -OCH3 is 1. The van der Waals surface area contributed by atoms with Crippen LogP contribution in [0.15, 0.2) is 0 Å². The van der Waals surface area contributed by atoms with Gasteiger partial charge in [0.05, 0.1) is 7.11 Å². The van der Waals surface area contributed by atoms with E-state index in [-0.39, 0.29) is 23.3 Å². The lowest BCUT2D eigenvalue weighted by atomic mass is 10.1. The van der Waals surface area contributed by atoms with Crippen LogP contribution in [-0.2, 0) is 19.1 Å². The van der Waals surface area contributed by atoms with Gasteiger partial charge < -0.3 is 15.4 Å². The van der Waals surface area contributed by atoms with E-state index in [4.69, 9.17) is 4.74 Å². The summed E-state index contributed by atoms with van der Waals surface area (Å²) in [4.78, 5) is 35.3. The maximum absolute atomic E-state index is 12.2. The molecular weight excluding hydrogens is 324 g/mol. The monoisotopic (exact) mass is 352 g/mol. The molecule has 1 fully saturated rings. The van der Waals surface area contributed by atoms with Gasteiger partial charge in [0.15, 0.2) is 0 Å². The maximum atomic E-state index is 12.2. The van der Waals surface area contributed by atoms with E-state index in [2.05, 4.69) is 56.0 Å². The van der Waals surface area contributed by atoms with Gasteiger partial charge in [-0.3, -0.25) is 9.59 Å². The summed E-state index contributed by atoms with van der Waals surface area (Å²) in [6, 6.07) is -1.41. The maximum Gasteiger partial charge on any atom is 0.329 e. The highest BCUT2D eigenvalue weighted by Gasteiger charge is 2.34. The number of rotatable bonds is 4. The molecule has 24 heavy (non-hydrogen) atoms. The molecule has 0 saturated carbocycles. The Morgan fingerprint density at radius 3 is 2.50 bits per heavy atom. The molecule has 0 aromatic carbocycles. The molecule has 0 aliphatic carbocycles. The predicted molar refractivity (Wildman–Crippen MR) is 94.7 cm³/mol. The highest BCUT2D eigenvalue weighted by molar-refractivity contribution is 6.87. The first-order valence-electron chi connectivity index (χ1n) is 8.15. The Balaban J connectivity index is 2.76. The SMILES string of the molecule is COC(=O)[C@H](CC#C[Si](C)(C)C(C)(C)C)NC(=O)[C@H]1CCC(=O)N1. The summed E-state index contributed by atoms with van der Waals surface area (Å²) in [6.45, 7) is 10.8. The number of carbonyl (C=O) groups excluding carboxylic acids is 3. The minimum atomic E-state index is -1.77. The Kier molecular flexibility index (Phi) is 6.61. The molecule has 0 spiro atoms. The van der Waals surface area contributed by atoms with E-state index in [0.717, 1.165) is 0 Å². The van der Waals surface area contributed by atoms with Gasteiger partial charge in [-0.1, -0.05) is 33.9 Å². The topological polar surface area (TPSA) is 84.5 Å². The quantitative estimate of drug-likeness (QED) is 0.455. The van der Waals surface area contributed by atoms with Gasteiger partial charge in [0.1, 0.15) is 20.2 Å². The van der Waals surface area contributed by atoms with Crippen molar-refractivity contribution in [2.24, 2.45) is 0 Å². The van der Waals surface area contributed by atoms with Crippen molar-refractivity contribution in [1.82, 2.24) is 10.6 Å². The second-order valence-electron chi connectivity index (χ2n) is 7.62. The number of ether oxygens (including phenoxy) is 1. The third-order valence-electron chi connectivity index (χ3n) is 4.70. The van der Waals surface area contributed by atoms with Gasteiger partial charge in [0, 0.05) is 12.8 Å². The highest BCUT2D eigenvalue weighted by Crippen LogP contribution is 2.35. The van der Waals surface area contributed by atoms with Crippen molar-refractivity contribution in [2.75, 3.05) is 7.11 Å². The van der Waals surface area contributed by atoms with Gasteiger partial charge in [0.25, 0.3) is 0 Å². The molecule has 0 unspecified atom stereocenters. The fourth-order valence-corrected chi connectivity index (χ4v) is 2.90. The molecule has 0 radical (unpaired) electrons. The minimum absolute atomic E-state index is 0.123. The fourth-order valence-electron chi connectivity index (χ4n) is 1.98. The summed E-state index contributed by atoms with van der Waals surface area (Å²) in [5.41, 5.74) is 3.32. The van der Waals surface area contributed by atoms with Gasteiger partial charge >= 0.3 is 5.97 Å². The average molecular weight is 353 g/mol. The van der Waals surface area contributed by atoms with E-state index in [1.54, 1.807) is 0 Å². The number of hydrogen-bond acceptors (Lipinski definition) is 4. The molecular formula is C17H28N2O4Si. The first kappa shape index (κ1) is 20.2. The Morgan fingerprint density at radius 1 is 1.42 bits per heavy atom. The molecule has 6 nitrogen and oxygen atoms in total. The molecule has 7 heteroatoms. The standard InChI is InChI=1S/C17H28N2O4Si/c1-17(2,3)24(5,6)11-7-8-13(16(22)23-4)19-15(21)12-9-10-14(20)18-12/h12-13H,8-10H2,1-6H3,(H,18,20)(H,19,21)/t12-,13+/m1/s1. The Labute approximate surface area is 145 Å². The third kappa shape index (κ3) is 5.37. The summed E-state index contributed by atoms with van der Waals surface area (Å²) in [6.07, 6.45) is 0.964. The molecule has 2 N–H and O–H groups in total. The first-order valence-corrected chi connectivity index (χ1v) is 11.2.